The molecule has 0 aromatic heterocycles. The van der Waals surface area contributed by atoms with Crippen LogP contribution in [0.2, 0.25) is 0 Å². The van der Waals surface area contributed by atoms with Gasteiger partial charge in [-0.3, -0.25) is 9.69 Å². The Hall–Kier alpha value is -1.09. The molecule has 1 atom stereocenters. The second-order valence-corrected chi connectivity index (χ2v) is 7.46. The van der Waals surface area contributed by atoms with Crippen molar-refractivity contribution in [3.05, 3.63) is 0 Å². The maximum atomic E-state index is 12.8. The maximum absolute atomic E-state index is 12.8. The summed E-state index contributed by atoms with van der Waals surface area (Å²) in [6.45, 7) is 5.62. The first kappa shape index (κ1) is 19.2. The summed E-state index contributed by atoms with van der Waals surface area (Å²) in [5.41, 5.74) is 0. The number of amides is 1. The molecule has 2 aliphatic rings. The summed E-state index contributed by atoms with van der Waals surface area (Å²) in [7, 11) is 6.32. The lowest BCUT2D eigenvalue weighted by molar-refractivity contribution is -0.136. The normalized spacial score (nSPS) is 24.0. The Labute approximate surface area is 147 Å². The van der Waals surface area contributed by atoms with E-state index in [1.54, 1.807) is 0 Å². The molecule has 0 spiro atoms. The van der Waals surface area contributed by atoms with Crippen LogP contribution in [0.25, 0.3) is 0 Å². The number of hydrogen-bond acceptors (Lipinski definition) is 4. The highest BCUT2D eigenvalue weighted by atomic mass is 16.2. The molecular formula is C19H34N4O. The Morgan fingerprint density at radius 3 is 2.50 bits per heavy atom. The minimum Gasteiger partial charge on any atom is -0.343 e. The number of terminal acetylenes is 1. The van der Waals surface area contributed by atoms with E-state index >= 15 is 0 Å². The summed E-state index contributed by atoms with van der Waals surface area (Å²) in [4.78, 5) is 21.7. The molecule has 2 heterocycles. The van der Waals surface area contributed by atoms with Crippen LogP contribution in [0.4, 0.5) is 0 Å². The summed E-state index contributed by atoms with van der Waals surface area (Å²) in [5.74, 6) is 2.94. The van der Waals surface area contributed by atoms with Gasteiger partial charge in [0.05, 0.1) is 12.6 Å². The van der Waals surface area contributed by atoms with Gasteiger partial charge in [0.1, 0.15) is 0 Å². The van der Waals surface area contributed by atoms with Crippen LogP contribution in [0.5, 0.6) is 0 Å². The third-order valence-electron chi connectivity index (χ3n) is 5.67. The van der Waals surface area contributed by atoms with Crippen molar-refractivity contribution >= 4 is 5.91 Å². The van der Waals surface area contributed by atoms with E-state index in [0.29, 0.717) is 12.6 Å². The molecule has 2 saturated heterocycles. The van der Waals surface area contributed by atoms with Crippen molar-refractivity contribution in [1.29, 1.82) is 0 Å². The average molecular weight is 335 g/mol. The van der Waals surface area contributed by atoms with Crippen LogP contribution in [0, 0.1) is 12.3 Å². The minimum atomic E-state index is -0.0200. The van der Waals surface area contributed by atoms with Gasteiger partial charge in [-0.05, 0) is 59.4 Å². The predicted octanol–water partition coefficient (Wildman–Crippen LogP) is 0.959. The van der Waals surface area contributed by atoms with E-state index in [1.165, 1.54) is 25.9 Å². The third kappa shape index (κ3) is 5.20. The highest BCUT2D eigenvalue weighted by molar-refractivity contribution is 5.81. The zero-order valence-corrected chi connectivity index (χ0v) is 15.7. The fourth-order valence-corrected chi connectivity index (χ4v) is 3.87. The number of nitrogens with zero attached hydrogens (tertiary/aromatic N) is 4. The van der Waals surface area contributed by atoms with E-state index in [9.17, 15) is 4.79 Å². The van der Waals surface area contributed by atoms with E-state index in [1.807, 2.05) is 11.9 Å². The van der Waals surface area contributed by atoms with Gasteiger partial charge in [-0.2, -0.15) is 0 Å². The van der Waals surface area contributed by atoms with Crippen molar-refractivity contribution in [3.8, 4) is 12.3 Å². The summed E-state index contributed by atoms with van der Waals surface area (Å²) in [6.07, 6.45) is 11.1. The van der Waals surface area contributed by atoms with Gasteiger partial charge in [-0.15, -0.1) is 6.42 Å². The van der Waals surface area contributed by atoms with E-state index in [0.717, 1.165) is 38.9 Å². The second kappa shape index (κ2) is 9.41. The Morgan fingerprint density at radius 1 is 1.12 bits per heavy atom. The molecule has 0 aromatic rings. The molecule has 2 aliphatic heterocycles. The Kier molecular flexibility index (Phi) is 7.54. The van der Waals surface area contributed by atoms with Crippen molar-refractivity contribution in [2.24, 2.45) is 0 Å². The maximum Gasteiger partial charge on any atom is 0.239 e. The summed E-state index contributed by atoms with van der Waals surface area (Å²) in [5, 5.41) is 0. The van der Waals surface area contributed by atoms with Crippen molar-refractivity contribution in [3.63, 3.8) is 0 Å². The van der Waals surface area contributed by atoms with Gasteiger partial charge >= 0.3 is 0 Å². The molecule has 2 rings (SSSR count). The van der Waals surface area contributed by atoms with Gasteiger partial charge in [-0.1, -0.05) is 12.3 Å². The lowest BCUT2D eigenvalue weighted by atomic mass is 10.0. The number of carbonyl (C=O) groups is 1. The number of likely N-dealkylation sites (N-methyl/N-ethyl adjacent to an activating group) is 2. The van der Waals surface area contributed by atoms with E-state index in [4.69, 9.17) is 6.42 Å². The molecule has 5 nitrogen and oxygen atoms in total. The summed E-state index contributed by atoms with van der Waals surface area (Å²) < 4.78 is 0. The van der Waals surface area contributed by atoms with Crippen LogP contribution in [0.3, 0.4) is 0 Å². The SMILES string of the molecule is C#CCN1CCCC[C@H]1C(=O)N(C)CCN(C)C1CCN(C)CC1. The standard InChI is InChI=1S/C19H34N4O/c1-5-11-23-12-7-6-8-18(23)19(24)22(4)16-15-21(3)17-9-13-20(2)14-10-17/h1,17-18H,6-16H2,2-4H3/t18-/m0/s1. The molecule has 0 unspecified atom stereocenters. The molecule has 2 fully saturated rings. The monoisotopic (exact) mass is 334 g/mol. The van der Waals surface area contributed by atoms with Crippen LogP contribution in [0.1, 0.15) is 32.1 Å². The highest BCUT2D eigenvalue weighted by Gasteiger charge is 2.30. The zero-order valence-electron chi connectivity index (χ0n) is 15.7. The molecule has 0 N–H and O–H groups in total. The van der Waals surface area contributed by atoms with Crippen molar-refractivity contribution in [1.82, 2.24) is 19.6 Å². The van der Waals surface area contributed by atoms with Crippen molar-refractivity contribution in [2.45, 2.75) is 44.2 Å². The fraction of sp³-hybridized carbons (Fsp3) is 0.842. The molecule has 0 radical (unpaired) electrons. The van der Waals surface area contributed by atoms with Crippen LogP contribution in [-0.4, -0.2) is 98.0 Å². The summed E-state index contributed by atoms with van der Waals surface area (Å²) >= 11 is 0. The smallest absolute Gasteiger partial charge is 0.239 e. The Morgan fingerprint density at radius 2 is 1.83 bits per heavy atom. The number of likely N-dealkylation sites (tertiary alicyclic amines) is 2. The lowest BCUT2D eigenvalue weighted by Gasteiger charge is -2.37. The summed E-state index contributed by atoms with van der Waals surface area (Å²) in [6, 6.07) is 0.630. The molecule has 136 valence electrons. The largest absolute Gasteiger partial charge is 0.343 e. The fourth-order valence-electron chi connectivity index (χ4n) is 3.87. The molecule has 24 heavy (non-hydrogen) atoms. The number of hydrogen-bond donors (Lipinski definition) is 0. The number of piperidine rings is 2. The van der Waals surface area contributed by atoms with Crippen molar-refractivity contribution < 1.29 is 4.79 Å². The molecule has 0 aromatic carbocycles. The topological polar surface area (TPSA) is 30.0 Å². The first-order chi connectivity index (χ1) is 11.5. The van der Waals surface area contributed by atoms with Gasteiger partial charge < -0.3 is 14.7 Å². The molecule has 0 saturated carbocycles. The van der Waals surface area contributed by atoms with E-state index in [2.05, 4.69) is 34.7 Å². The van der Waals surface area contributed by atoms with Crippen molar-refractivity contribution in [2.75, 3.05) is 60.4 Å². The first-order valence-electron chi connectivity index (χ1n) is 9.34. The van der Waals surface area contributed by atoms with Gasteiger partial charge in [0.2, 0.25) is 5.91 Å². The lowest BCUT2D eigenvalue weighted by Crippen LogP contribution is -2.51. The van der Waals surface area contributed by atoms with Gasteiger partial charge in [-0.25, -0.2) is 0 Å². The zero-order chi connectivity index (χ0) is 17.5. The Balaban J connectivity index is 1.79. The molecule has 5 heteroatoms. The third-order valence-corrected chi connectivity index (χ3v) is 5.67. The van der Waals surface area contributed by atoms with Crippen LogP contribution >= 0.6 is 0 Å². The highest BCUT2D eigenvalue weighted by Crippen LogP contribution is 2.18. The van der Waals surface area contributed by atoms with E-state index < -0.39 is 0 Å². The molecular weight excluding hydrogens is 300 g/mol. The Bertz CT molecular complexity index is 439. The molecule has 0 bridgehead atoms. The molecule has 1 amide bonds. The predicted molar refractivity (Wildman–Crippen MR) is 98.8 cm³/mol. The minimum absolute atomic E-state index is 0.0200. The number of carbonyl (C=O) groups excluding carboxylic acids is 1. The van der Waals surface area contributed by atoms with E-state index in [-0.39, 0.29) is 11.9 Å². The second-order valence-electron chi connectivity index (χ2n) is 7.46. The van der Waals surface area contributed by atoms with Crippen LogP contribution in [-0.2, 0) is 4.79 Å². The number of rotatable bonds is 6. The van der Waals surface area contributed by atoms with Gasteiger partial charge in [0.15, 0.2) is 0 Å². The van der Waals surface area contributed by atoms with Gasteiger partial charge in [0.25, 0.3) is 0 Å². The first-order valence-corrected chi connectivity index (χ1v) is 9.34. The van der Waals surface area contributed by atoms with Crippen LogP contribution < -0.4 is 0 Å². The molecule has 0 aliphatic carbocycles. The average Bonchev–Trinajstić information content (AvgIpc) is 2.60. The quantitative estimate of drug-likeness (QED) is 0.677. The van der Waals surface area contributed by atoms with Gasteiger partial charge in [0, 0.05) is 26.2 Å². The van der Waals surface area contributed by atoms with Crippen LogP contribution in [0.15, 0.2) is 0 Å².